The number of aromatic nitrogens is 2. The minimum atomic E-state index is 0.341. The maximum atomic E-state index is 8.45. The van der Waals surface area contributed by atoms with E-state index < -0.39 is 0 Å². The first-order chi connectivity index (χ1) is 5.27. The summed E-state index contributed by atoms with van der Waals surface area (Å²) in [6.45, 7) is 5.43. The predicted molar refractivity (Wildman–Crippen MR) is 41.6 cm³/mol. The Hall–Kier alpha value is -1.69. The van der Waals surface area contributed by atoms with Crippen molar-refractivity contribution in [1.82, 2.24) is 10.2 Å². The summed E-state index contributed by atoms with van der Waals surface area (Å²) in [6, 6.07) is 3.60. The molecule has 11 heavy (non-hydrogen) atoms. The first-order valence-electron chi connectivity index (χ1n) is 3.15. The van der Waals surface area contributed by atoms with Gasteiger partial charge in [0.25, 0.3) is 0 Å². The minimum absolute atomic E-state index is 0.341. The van der Waals surface area contributed by atoms with Gasteiger partial charge in [-0.3, -0.25) is 0 Å². The van der Waals surface area contributed by atoms with Gasteiger partial charge in [0.15, 0.2) is 5.69 Å². The SMILES string of the molecule is C=Cc1nnc(C#N)cc1C. The van der Waals surface area contributed by atoms with Gasteiger partial charge in [-0.15, -0.1) is 10.2 Å². The van der Waals surface area contributed by atoms with Crippen molar-refractivity contribution in [3.8, 4) is 6.07 Å². The minimum Gasteiger partial charge on any atom is -0.191 e. The van der Waals surface area contributed by atoms with E-state index in [1.54, 1.807) is 12.1 Å². The fourth-order valence-corrected chi connectivity index (χ4v) is 0.751. The molecule has 0 bridgehead atoms. The Morgan fingerprint density at radius 3 is 2.82 bits per heavy atom. The molecular formula is C8H7N3. The molecule has 0 saturated heterocycles. The van der Waals surface area contributed by atoms with E-state index in [2.05, 4.69) is 16.8 Å². The van der Waals surface area contributed by atoms with Crippen LogP contribution in [0.2, 0.25) is 0 Å². The number of nitrogens with zero attached hydrogens (tertiary/aromatic N) is 3. The average molecular weight is 145 g/mol. The third-order valence-electron chi connectivity index (χ3n) is 1.33. The Labute approximate surface area is 65.0 Å². The maximum absolute atomic E-state index is 8.45. The zero-order valence-corrected chi connectivity index (χ0v) is 6.20. The van der Waals surface area contributed by atoms with Crippen LogP contribution in [0.4, 0.5) is 0 Å². The van der Waals surface area contributed by atoms with Crippen LogP contribution < -0.4 is 0 Å². The van der Waals surface area contributed by atoms with Crippen LogP contribution in [0.25, 0.3) is 6.08 Å². The second-order valence-corrected chi connectivity index (χ2v) is 2.11. The van der Waals surface area contributed by atoms with E-state index in [-0.39, 0.29) is 0 Å². The van der Waals surface area contributed by atoms with Gasteiger partial charge in [0.05, 0.1) is 5.69 Å². The Balaban J connectivity index is 3.22. The van der Waals surface area contributed by atoms with Crippen molar-refractivity contribution < 1.29 is 0 Å². The van der Waals surface area contributed by atoms with Gasteiger partial charge in [0, 0.05) is 0 Å². The molecule has 0 aromatic carbocycles. The zero-order chi connectivity index (χ0) is 8.27. The van der Waals surface area contributed by atoms with E-state index in [1.807, 2.05) is 13.0 Å². The standard InChI is InChI=1S/C8H7N3/c1-3-8-6(2)4-7(5-9)10-11-8/h3-4H,1H2,2H3. The topological polar surface area (TPSA) is 49.6 Å². The van der Waals surface area contributed by atoms with Crippen molar-refractivity contribution in [3.63, 3.8) is 0 Å². The first-order valence-corrected chi connectivity index (χ1v) is 3.15. The lowest BCUT2D eigenvalue weighted by Gasteiger charge is -1.95. The fourth-order valence-electron chi connectivity index (χ4n) is 0.751. The Morgan fingerprint density at radius 2 is 2.36 bits per heavy atom. The molecule has 3 nitrogen and oxygen atoms in total. The van der Waals surface area contributed by atoms with Gasteiger partial charge in [-0.25, -0.2) is 0 Å². The predicted octanol–water partition coefficient (Wildman–Crippen LogP) is 1.30. The summed E-state index contributed by atoms with van der Waals surface area (Å²) in [5, 5.41) is 15.9. The third kappa shape index (κ3) is 1.41. The molecule has 1 heterocycles. The zero-order valence-electron chi connectivity index (χ0n) is 6.20. The summed E-state index contributed by atoms with van der Waals surface area (Å²) in [6.07, 6.45) is 1.61. The van der Waals surface area contributed by atoms with E-state index in [0.717, 1.165) is 11.3 Å². The summed E-state index contributed by atoms with van der Waals surface area (Å²) in [5.74, 6) is 0. The van der Waals surface area contributed by atoms with Crippen LogP contribution in [-0.4, -0.2) is 10.2 Å². The number of aryl methyl sites for hydroxylation is 1. The van der Waals surface area contributed by atoms with Crippen LogP contribution in [0.3, 0.4) is 0 Å². The van der Waals surface area contributed by atoms with Crippen molar-refractivity contribution in [2.75, 3.05) is 0 Å². The van der Waals surface area contributed by atoms with Gasteiger partial charge in [-0.05, 0) is 24.6 Å². The number of rotatable bonds is 1. The van der Waals surface area contributed by atoms with Gasteiger partial charge >= 0.3 is 0 Å². The Morgan fingerprint density at radius 1 is 1.64 bits per heavy atom. The van der Waals surface area contributed by atoms with Crippen LogP contribution in [0.1, 0.15) is 17.0 Å². The molecule has 54 valence electrons. The molecule has 0 aliphatic heterocycles. The lowest BCUT2D eigenvalue weighted by Crippen LogP contribution is -1.93. The largest absolute Gasteiger partial charge is 0.191 e. The smallest absolute Gasteiger partial charge is 0.163 e. The van der Waals surface area contributed by atoms with Crippen LogP contribution in [0, 0.1) is 18.3 Å². The van der Waals surface area contributed by atoms with E-state index in [1.165, 1.54) is 0 Å². The molecule has 0 fully saturated rings. The summed E-state index contributed by atoms with van der Waals surface area (Å²) in [4.78, 5) is 0. The number of nitriles is 1. The summed E-state index contributed by atoms with van der Waals surface area (Å²) in [5.41, 5.74) is 1.99. The van der Waals surface area contributed by atoms with Gasteiger partial charge in [-0.1, -0.05) is 6.58 Å². The molecule has 1 rings (SSSR count). The lowest BCUT2D eigenvalue weighted by atomic mass is 10.2. The molecule has 0 radical (unpaired) electrons. The third-order valence-corrected chi connectivity index (χ3v) is 1.33. The van der Waals surface area contributed by atoms with E-state index in [9.17, 15) is 0 Å². The summed E-state index contributed by atoms with van der Waals surface area (Å²) >= 11 is 0. The molecule has 0 atom stereocenters. The normalized spacial score (nSPS) is 8.73. The quantitative estimate of drug-likeness (QED) is 0.598. The average Bonchev–Trinajstić information content (AvgIpc) is 2.04. The highest BCUT2D eigenvalue weighted by atomic mass is 15.1. The van der Waals surface area contributed by atoms with E-state index >= 15 is 0 Å². The van der Waals surface area contributed by atoms with Crippen molar-refractivity contribution in [2.24, 2.45) is 0 Å². The fraction of sp³-hybridized carbons (Fsp3) is 0.125. The molecule has 0 spiro atoms. The second-order valence-electron chi connectivity index (χ2n) is 2.11. The molecule has 0 unspecified atom stereocenters. The molecular weight excluding hydrogens is 138 g/mol. The molecule has 3 heteroatoms. The van der Waals surface area contributed by atoms with Gasteiger partial charge in [-0.2, -0.15) is 5.26 Å². The monoisotopic (exact) mass is 145 g/mol. The van der Waals surface area contributed by atoms with Crippen molar-refractivity contribution in [1.29, 1.82) is 5.26 Å². The van der Waals surface area contributed by atoms with Crippen molar-refractivity contribution >= 4 is 6.08 Å². The highest BCUT2D eigenvalue weighted by molar-refractivity contribution is 5.46. The van der Waals surface area contributed by atoms with Crippen LogP contribution >= 0.6 is 0 Å². The first kappa shape index (κ1) is 7.42. The Bertz CT molecular complexity index is 323. The summed E-state index contributed by atoms with van der Waals surface area (Å²) < 4.78 is 0. The van der Waals surface area contributed by atoms with Crippen LogP contribution in [0.15, 0.2) is 12.6 Å². The van der Waals surface area contributed by atoms with Gasteiger partial charge in [0.1, 0.15) is 6.07 Å². The van der Waals surface area contributed by atoms with Gasteiger partial charge in [0.2, 0.25) is 0 Å². The molecule has 1 aromatic rings. The van der Waals surface area contributed by atoms with E-state index in [0.29, 0.717) is 5.69 Å². The van der Waals surface area contributed by atoms with Crippen LogP contribution in [0.5, 0.6) is 0 Å². The number of hydrogen-bond acceptors (Lipinski definition) is 3. The molecule has 0 N–H and O–H groups in total. The van der Waals surface area contributed by atoms with Crippen molar-refractivity contribution in [2.45, 2.75) is 6.92 Å². The molecule has 0 aliphatic rings. The molecule has 0 saturated carbocycles. The highest BCUT2D eigenvalue weighted by Crippen LogP contribution is 2.04. The Kier molecular flexibility index (Phi) is 1.98. The van der Waals surface area contributed by atoms with Crippen LogP contribution in [-0.2, 0) is 0 Å². The summed E-state index contributed by atoms with van der Waals surface area (Å²) in [7, 11) is 0. The maximum Gasteiger partial charge on any atom is 0.163 e. The van der Waals surface area contributed by atoms with E-state index in [4.69, 9.17) is 5.26 Å². The molecule has 1 aromatic heterocycles. The van der Waals surface area contributed by atoms with Crippen molar-refractivity contribution in [3.05, 3.63) is 29.6 Å². The second kappa shape index (κ2) is 2.93. The number of hydrogen-bond donors (Lipinski definition) is 0. The molecule has 0 amide bonds. The highest BCUT2D eigenvalue weighted by Gasteiger charge is 1.97. The lowest BCUT2D eigenvalue weighted by molar-refractivity contribution is 0.981. The molecule has 0 aliphatic carbocycles. The van der Waals surface area contributed by atoms with Gasteiger partial charge < -0.3 is 0 Å².